The lowest BCUT2D eigenvalue weighted by Crippen LogP contribution is -2.35. The van der Waals surface area contributed by atoms with Crippen molar-refractivity contribution >= 4 is 29.1 Å². The average Bonchev–Trinajstić information content (AvgIpc) is 2.87. The van der Waals surface area contributed by atoms with Crippen molar-refractivity contribution in [2.24, 2.45) is 11.8 Å². The minimum Gasteiger partial charge on any atom is -0.356 e. The van der Waals surface area contributed by atoms with Gasteiger partial charge in [0.2, 0.25) is 17.7 Å². The summed E-state index contributed by atoms with van der Waals surface area (Å²) in [5, 5.41) is 5.56. The Hall–Kier alpha value is -2.37. The highest BCUT2D eigenvalue weighted by Crippen LogP contribution is 2.26. The highest BCUT2D eigenvalue weighted by atomic mass is 16.2. The molecule has 0 radical (unpaired) electrons. The fourth-order valence-electron chi connectivity index (χ4n) is 2.51. The number of nitrogens with zero attached hydrogens (tertiary/aromatic N) is 1. The molecule has 124 valence electrons. The Kier molecular flexibility index (Phi) is 5.36. The van der Waals surface area contributed by atoms with E-state index in [4.69, 9.17) is 0 Å². The second-order valence-electron chi connectivity index (χ2n) is 6.27. The third-order valence-corrected chi connectivity index (χ3v) is 3.68. The van der Waals surface area contributed by atoms with Crippen LogP contribution in [0.15, 0.2) is 24.3 Å². The van der Waals surface area contributed by atoms with Crippen LogP contribution in [0, 0.1) is 11.8 Å². The van der Waals surface area contributed by atoms with Crippen LogP contribution < -0.4 is 15.5 Å². The number of benzene rings is 1. The van der Waals surface area contributed by atoms with Gasteiger partial charge >= 0.3 is 0 Å². The van der Waals surface area contributed by atoms with E-state index in [1.165, 1.54) is 6.92 Å². The quantitative estimate of drug-likeness (QED) is 0.869. The van der Waals surface area contributed by atoms with E-state index in [2.05, 4.69) is 10.6 Å². The molecule has 6 nitrogen and oxygen atoms in total. The fraction of sp³-hybridized carbons (Fsp3) is 0.471. The fourth-order valence-corrected chi connectivity index (χ4v) is 2.51. The standard InChI is InChI=1S/C17H23N3O3/c1-11(2)9-18-17(23)13-8-16(22)20(10-13)15-6-4-14(5-7-15)19-12(3)21/h4-7,11,13H,8-10H2,1-3H3,(H,18,23)(H,19,21)/t13-/m0/s1. The minimum absolute atomic E-state index is 0.0537. The van der Waals surface area contributed by atoms with Crippen LogP contribution in [0.3, 0.4) is 0 Å². The summed E-state index contributed by atoms with van der Waals surface area (Å²) in [4.78, 5) is 36.9. The van der Waals surface area contributed by atoms with E-state index in [1.54, 1.807) is 29.2 Å². The van der Waals surface area contributed by atoms with E-state index in [9.17, 15) is 14.4 Å². The predicted molar refractivity (Wildman–Crippen MR) is 89.1 cm³/mol. The number of hydrogen-bond acceptors (Lipinski definition) is 3. The molecular weight excluding hydrogens is 294 g/mol. The third kappa shape index (κ3) is 4.55. The summed E-state index contributed by atoms with van der Waals surface area (Å²) in [7, 11) is 0. The molecule has 23 heavy (non-hydrogen) atoms. The second-order valence-corrected chi connectivity index (χ2v) is 6.27. The summed E-state index contributed by atoms with van der Waals surface area (Å²) in [6.07, 6.45) is 0.234. The molecule has 6 heteroatoms. The van der Waals surface area contributed by atoms with Gasteiger partial charge in [-0.25, -0.2) is 0 Å². The van der Waals surface area contributed by atoms with Gasteiger partial charge < -0.3 is 15.5 Å². The van der Waals surface area contributed by atoms with Gasteiger partial charge in [-0.2, -0.15) is 0 Å². The topological polar surface area (TPSA) is 78.5 Å². The molecule has 1 aliphatic heterocycles. The molecule has 0 bridgehead atoms. The maximum Gasteiger partial charge on any atom is 0.227 e. The van der Waals surface area contributed by atoms with Crippen LogP contribution in [0.1, 0.15) is 27.2 Å². The SMILES string of the molecule is CC(=O)Nc1ccc(N2C[C@@H](C(=O)NCC(C)C)CC2=O)cc1. The molecule has 2 rings (SSSR count). The molecule has 2 N–H and O–H groups in total. The number of carbonyl (C=O) groups excluding carboxylic acids is 3. The lowest BCUT2D eigenvalue weighted by molar-refractivity contribution is -0.126. The highest BCUT2D eigenvalue weighted by molar-refractivity contribution is 6.00. The molecule has 1 aliphatic rings. The molecule has 1 fully saturated rings. The second kappa shape index (κ2) is 7.26. The first-order valence-electron chi connectivity index (χ1n) is 7.82. The highest BCUT2D eigenvalue weighted by Gasteiger charge is 2.34. The number of hydrogen-bond donors (Lipinski definition) is 2. The Morgan fingerprint density at radius 3 is 2.48 bits per heavy atom. The van der Waals surface area contributed by atoms with Crippen molar-refractivity contribution in [3.05, 3.63) is 24.3 Å². The summed E-state index contributed by atoms with van der Waals surface area (Å²) in [5.74, 6) is -0.187. The number of anilines is 2. The van der Waals surface area contributed by atoms with Crippen molar-refractivity contribution in [2.75, 3.05) is 23.3 Å². The van der Waals surface area contributed by atoms with Gasteiger partial charge in [-0.15, -0.1) is 0 Å². The Bertz CT molecular complexity index is 596. The predicted octanol–water partition coefficient (Wildman–Crippen LogP) is 1.77. The maximum atomic E-state index is 12.2. The van der Waals surface area contributed by atoms with Crippen molar-refractivity contribution < 1.29 is 14.4 Å². The molecule has 1 heterocycles. The minimum atomic E-state index is -0.309. The van der Waals surface area contributed by atoms with Crippen LogP contribution in [0.4, 0.5) is 11.4 Å². The van der Waals surface area contributed by atoms with Crippen molar-refractivity contribution in [1.82, 2.24) is 5.32 Å². The van der Waals surface area contributed by atoms with Gasteiger partial charge in [0.05, 0.1) is 5.92 Å². The normalized spacial score (nSPS) is 17.5. The van der Waals surface area contributed by atoms with E-state index >= 15 is 0 Å². The molecule has 0 aromatic heterocycles. The number of rotatable bonds is 5. The first-order chi connectivity index (χ1) is 10.9. The van der Waals surface area contributed by atoms with Crippen molar-refractivity contribution in [3.63, 3.8) is 0 Å². The summed E-state index contributed by atoms with van der Waals surface area (Å²) in [6.45, 7) is 6.52. The molecule has 1 atom stereocenters. The van der Waals surface area contributed by atoms with Gasteiger partial charge in [0.15, 0.2) is 0 Å². The lowest BCUT2D eigenvalue weighted by atomic mass is 10.1. The van der Waals surface area contributed by atoms with Gasteiger partial charge in [-0.1, -0.05) is 13.8 Å². The summed E-state index contributed by atoms with van der Waals surface area (Å²) in [6, 6.07) is 7.04. The number of nitrogens with one attached hydrogen (secondary N) is 2. The lowest BCUT2D eigenvalue weighted by Gasteiger charge is -2.17. The van der Waals surface area contributed by atoms with Crippen LogP contribution in [0.25, 0.3) is 0 Å². The summed E-state index contributed by atoms with van der Waals surface area (Å²) in [5.41, 5.74) is 1.42. The van der Waals surface area contributed by atoms with Crippen LogP contribution in [0.2, 0.25) is 0 Å². The Balaban J connectivity index is 1.99. The Morgan fingerprint density at radius 2 is 1.91 bits per heavy atom. The molecule has 3 amide bonds. The van der Waals surface area contributed by atoms with Gasteiger partial charge in [0, 0.05) is 37.8 Å². The third-order valence-electron chi connectivity index (χ3n) is 3.68. The van der Waals surface area contributed by atoms with Crippen LogP contribution >= 0.6 is 0 Å². The average molecular weight is 317 g/mol. The maximum absolute atomic E-state index is 12.2. The molecule has 0 saturated carbocycles. The zero-order valence-electron chi connectivity index (χ0n) is 13.8. The first-order valence-corrected chi connectivity index (χ1v) is 7.82. The van der Waals surface area contributed by atoms with Crippen LogP contribution in [-0.2, 0) is 14.4 Å². The van der Waals surface area contributed by atoms with Crippen LogP contribution in [-0.4, -0.2) is 30.8 Å². The van der Waals surface area contributed by atoms with E-state index in [1.807, 2.05) is 13.8 Å². The van der Waals surface area contributed by atoms with Crippen molar-refractivity contribution in [1.29, 1.82) is 0 Å². The van der Waals surface area contributed by atoms with Gasteiger partial charge in [-0.05, 0) is 30.2 Å². The Labute approximate surface area is 136 Å². The van der Waals surface area contributed by atoms with E-state index in [0.29, 0.717) is 24.7 Å². The Morgan fingerprint density at radius 1 is 1.26 bits per heavy atom. The van der Waals surface area contributed by atoms with Crippen LogP contribution in [0.5, 0.6) is 0 Å². The monoisotopic (exact) mass is 317 g/mol. The van der Waals surface area contributed by atoms with E-state index < -0.39 is 0 Å². The zero-order valence-corrected chi connectivity index (χ0v) is 13.8. The van der Waals surface area contributed by atoms with Gasteiger partial charge in [0.1, 0.15) is 0 Å². The van der Waals surface area contributed by atoms with Crippen molar-refractivity contribution in [2.45, 2.75) is 27.2 Å². The van der Waals surface area contributed by atoms with Gasteiger partial charge in [0.25, 0.3) is 0 Å². The van der Waals surface area contributed by atoms with Gasteiger partial charge in [-0.3, -0.25) is 14.4 Å². The molecule has 0 unspecified atom stereocenters. The number of carbonyl (C=O) groups is 3. The molecule has 0 aliphatic carbocycles. The van der Waals surface area contributed by atoms with E-state index in [0.717, 1.165) is 5.69 Å². The molecule has 0 spiro atoms. The van der Waals surface area contributed by atoms with Crippen molar-refractivity contribution in [3.8, 4) is 0 Å². The number of amides is 3. The molecule has 1 aromatic carbocycles. The molecular formula is C17H23N3O3. The molecule has 1 aromatic rings. The largest absolute Gasteiger partial charge is 0.356 e. The van der Waals surface area contributed by atoms with E-state index in [-0.39, 0.29) is 30.1 Å². The molecule has 1 saturated heterocycles. The smallest absolute Gasteiger partial charge is 0.227 e. The summed E-state index contributed by atoms with van der Waals surface area (Å²) < 4.78 is 0. The summed E-state index contributed by atoms with van der Waals surface area (Å²) >= 11 is 0. The zero-order chi connectivity index (χ0) is 17.0. The first kappa shape index (κ1) is 17.0.